The minimum atomic E-state index is -0.303. The van der Waals surface area contributed by atoms with Crippen LogP contribution in [0.3, 0.4) is 0 Å². The molecule has 0 saturated heterocycles. The molecule has 1 saturated carbocycles. The zero-order valence-corrected chi connectivity index (χ0v) is 11.2. The molecule has 3 nitrogen and oxygen atoms in total. The molecule has 1 aromatic rings. The molecule has 0 heterocycles. The van der Waals surface area contributed by atoms with Crippen LogP contribution in [0.25, 0.3) is 0 Å². The van der Waals surface area contributed by atoms with Gasteiger partial charge in [0.2, 0.25) is 5.91 Å². The Bertz CT molecular complexity index is 379. The average Bonchev–Trinajstić information content (AvgIpc) is 2.21. The van der Waals surface area contributed by atoms with Crippen LogP contribution in [0, 0.1) is 8.99 Å². The Morgan fingerprint density at radius 3 is 2.44 bits per heavy atom. The van der Waals surface area contributed by atoms with Gasteiger partial charge in [0.1, 0.15) is 0 Å². The molecule has 0 bridgehead atoms. The predicted molar refractivity (Wildman–Crippen MR) is 73.1 cm³/mol. The fourth-order valence-corrected chi connectivity index (χ4v) is 2.28. The minimum Gasteiger partial charge on any atom is -0.329 e. The summed E-state index contributed by atoms with van der Waals surface area (Å²) in [6.45, 7) is 0.448. The van der Waals surface area contributed by atoms with E-state index in [0.717, 1.165) is 28.5 Å². The maximum absolute atomic E-state index is 12.0. The first-order chi connectivity index (χ1) is 7.66. The molecular formula is C12H15IN2O. The summed E-state index contributed by atoms with van der Waals surface area (Å²) in [5.41, 5.74) is 6.23. The van der Waals surface area contributed by atoms with E-state index in [1.807, 2.05) is 24.3 Å². The zero-order chi connectivity index (χ0) is 11.6. The lowest BCUT2D eigenvalue weighted by molar-refractivity contribution is -0.129. The van der Waals surface area contributed by atoms with Gasteiger partial charge in [-0.15, -0.1) is 0 Å². The van der Waals surface area contributed by atoms with Crippen molar-refractivity contribution in [1.29, 1.82) is 0 Å². The summed E-state index contributed by atoms with van der Waals surface area (Å²) in [5.74, 6) is 0.0717. The molecule has 1 fully saturated rings. The molecule has 86 valence electrons. The molecule has 0 atom stereocenters. The van der Waals surface area contributed by atoms with Crippen LogP contribution in [0.4, 0.5) is 5.69 Å². The van der Waals surface area contributed by atoms with Crippen molar-refractivity contribution >= 4 is 34.2 Å². The van der Waals surface area contributed by atoms with Crippen LogP contribution in [0.2, 0.25) is 0 Å². The monoisotopic (exact) mass is 330 g/mol. The summed E-state index contributed by atoms with van der Waals surface area (Å²) in [5, 5.41) is 2.94. The lowest BCUT2D eigenvalue weighted by Crippen LogP contribution is -2.47. The minimum absolute atomic E-state index is 0.0717. The highest BCUT2D eigenvalue weighted by atomic mass is 127. The first kappa shape index (κ1) is 11.9. The fourth-order valence-electron chi connectivity index (χ4n) is 1.92. The Morgan fingerprint density at radius 1 is 1.38 bits per heavy atom. The van der Waals surface area contributed by atoms with Crippen LogP contribution >= 0.6 is 22.6 Å². The third kappa shape index (κ3) is 2.22. The number of halogens is 1. The van der Waals surface area contributed by atoms with Crippen molar-refractivity contribution in [3.8, 4) is 0 Å². The van der Waals surface area contributed by atoms with Gasteiger partial charge in [0.15, 0.2) is 0 Å². The highest BCUT2D eigenvalue weighted by Gasteiger charge is 2.42. The smallest absolute Gasteiger partial charge is 0.231 e. The van der Waals surface area contributed by atoms with Crippen LogP contribution in [0.15, 0.2) is 24.3 Å². The van der Waals surface area contributed by atoms with Gasteiger partial charge in [-0.25, -0.2) is 0 Å². The fraction of sp³-hybridized carbons (Fsp3) is 0.417. The number of benzene rings is 1. The van der Waals surface area contributed by atoms with Gasteiger partial charge in [-0.1, -0.05) is 6.42 Å². The van der Waals surface area contributed by atoms with E-state index < -0.39 is 0 Å². The Hall–Kier alpha value is -0.620. The molecule has 0 aromatic heterocycles. The molecule has 4 heteroatoms. The van der Waals surface area contributed by atoms with Gasteiger partial charge in [-0.3, -0.25) is 4.79 Å². The SMILES string of the molecule is NCC1(C(=O)Nc2ccc(I)cc2)CCC1. The van der Waals surface area contributed by atoms with Crippen LogP contribution < -0.4 is 11.1 Å². The maximum atomic E-state index is 12.0. The third-order valence-corrected chi connectivity index (χ3v) is 4.00. The van der Waals surface area contributed by atoms with Crippen molar-refractivity contribution in [3.05, 3.63) is 27.8 Å². The lowest BCUT2D eigenvalue weighted by atomic mass is 9.68. The molecule has 3 N–H and O–H groups in total. The van der Waals surface area contributed by atoms with Crippen LogP contribution in [-0.4, -0.2) is 12.5 Å². The molecule has 1 aliphatic rings. The first-order valence-electron chi connectivity index (χ1n) is 5.43. The standard InChI is InChI=1S/C12H15IN2O/c13-9-2-4-10(5-3-9)15-11(16)12(8-14)6-1-7-12/h2-5H,1,6-8,14H2,(H,15,16). The third-order valence-electron chi connectivity index (χ3n) is 3.29. The number of nitrogens with one attached hydrogen (secondary N) is 1. The Labute approximate surface area is 109 Å². The number of rotatable bonds is 3. The summed E-state index contributed by atoms with van der Waals surface area (Å²) in [7, 11) is 0. The van der Waals surface area contributed by atoms with E-state index in [1.165, 1.54) is 0 Å². The number of carbonyl (C=O) groups is 1. The summed E-state index contributed by atoms with van der Waals surface area (Å²) in [6, 6.07) is 7.79. The Balaban J connectivity index is 2.04. The van der Waals surface area contributed by atoms with Crippen LogP contribution in [-0.2, 0) is 4.79 Å². The van der Waals surface area contributed by atoms with Gasteiger partial charge in [-0.2, -0.15) is 0 Å². The molecule has 16 heavy (non-hydrogen) atoms. The molecule has 1 aliphatic carbocycles. The predicted octanol–water partition coefficient (Wildman–Crippen LogP) is 2.36. The molecule has 0 unspecified atom stereocenters. The second kappa shape index (κ2) is 4.71. The summed E-state index contributed by atoms with van der Waals surface area (Å²) in [4.78, 5) is 12.0. The van der Waals surface area contributed by atoms with Gasteiger partial charge in [0.25, 0.3) is 0 Å². The number of anilines is 1. The van der Waals surface area contributed by atoms with Crippen molar-refractivity contribution in [2.75, 3.05) is 11.9 Å². The van der Waals surface area contributed by atoms with E-state index in [0.29, 0.717) is 6.54 Å². The van der Waals surface area contributed by atoms with E-state index in [1.54, 1.807) is 0 Å². The largest absolute Gasteiger partial charge is 0.329 e. The molecule has 1 amide bonds. The average molecular weight is 330 g/mol. The second-order valence-corrected chi connectivity index (χ2v) is 5.54. The Morgan fingerprint density at radius 2 is 2.00 bits per heavy atom. The van der Waals surface area contributed by atoms with Gasteiger partial charge >= 0.3 is 0 Å². The number of carbonyl (C=O) groups excluding carboxylic acids is 1. The van der Waals surface area contributed by atoms with E-state index in [-0.39, 0.29) is 11.3 Å². The maximum Gasteiger partial charge on any atom is 0.231 e. The molecular weight excluding hydrogens is 315 g/mol. The number of hydrogen-bond donors (Lipinski definition) is 2. The first-order valence-corrected chi connectivity index (χ1v) is 6.51. The summed E-state index contributed by atoms with van der Waals surface area (Å²) < 4.78 is 1.16. The molecule has 0 spiro atoms. The van der Waals surface area contributed by atoms with Crippen molar-refractivity contribution in [2.24, 2.45) is 11.1 Å². The van der Waals surface area contributed by atoms with E-state index in [9.17, 15) is 4.79 Å². The number of hydrogen-bond acceptors (Lipinski definition) is 2. The quantitative estimate of drug-likeness (QED) is 0.836. The van der Waals surface area contributed by atoms with Crippen molar-refractivity contribution in [2.45, 2.75) is 19.3 Å². The van der Waals surface area contributed by atoms with Crippen molar-refractivity contribution in [3.63, 3.8) is 0 Å². The summed E-state index contributed by atoms with van der Waals surface area (Å²) in [6.07, 6.45) is 2.94. The zero-order valence-electron chi connectivity index (χ0n) is 9.00. The molecule has 0 aliphatic heterocycles. The van der Waals surface area contributed by atoms with Gasteiger partial charge in [0, 0.05) is 15.8 Å². The molecule has 1 aromatic carbocycles. The van der Waals surface area contributed by atoms with Crippen LogP contribution in [0.5, 0.6) is 0 Å². The van der Waals surface area contributed by atoms with Gasteiger partial charge in [0.05, 0.1) is 5.41 Å². The highest BCUT2D eigenvalue weighted by Crippen LogP contribution is 2.40. The van der Waals surface area contributed by atoms with Gasteiger partial charge < -0.3 is 11.1 Å². The summed E-state index contributed by atoms with van der Waals surface area (Å²) >= 11 is 2.24. The number of amides is 1. The normalized spacial score (nSPS) is 17.6. The molecule has 2 rings (SSSR count). The van der Waals surface area contributed by atoms with Crippen molar-refractivity contribution < 1.29 is 4.79 Å². The van der Waals surface area contributed by atoms with E-state index in [2.05, 4.69) is 27.9 Å². The van der Waals surface area contributed by atoms with Crippen LogP contribution in [0.1, 0.15) is 19.3 Å². The topological polar surface area (TPSA) is 55.1 Å². The lowest BCUT2D eigenvalue weighted by Gasteiger charge is -2.39. The number of nitrogens with two attached hydrogens (primary N) is 1. The van der Waals surface area contributed by atoms with Crippen molar-refractivity contribution in [1.82, 2.24) is 0 Å². The van der Waals surface area contributed by atoms with E-state index >= 15 is 0 Å². The highest BCUT2D eigenvalue weighted by molar-refractivity contribution is 14.1. The molecule has 0 radical (unpaired) electrons. The van der Waals surface area contributed by atoms with Gasteiger partial charge in [-0.05, 0) is 59.7 Å². The second-order valence-electron chi connectivity index (χ2n) is 4.30. The Kier molecular flexibility index (Phi) is 3.49. The van der Waals surface area contributed by atoms with E-state index in [4.69, 9.17) is 5.73 Å².